The maximum absolute atomic E-state index is 13.0. The van der Waals surface area contributed by atoms with Crippen LogP contribution in [0.5, 0.6) is 0 Å². The quantitative estimate of drug-likeness (QED) is 0.754. The summed E-state index contributed by atoms with van der Waals surface area (Å²) in [6.45, 7) is 1.96. The van der Waals surface area contributed by atoms with E-state index in [0.717, 1.165) is 5.56 Å². The minimum atomic E-state index is -0.486. The third kappa shape index (κ3) is 4.06. The average Bonchev–Trinajstić information content (AvgIpc) is 3.00. The zero-order valence-electron chi connectivity index (χ0n) is 14.3. The normalized spacial score (nSPS) is 16.3. The molecule has 2 aromatic carbocycles. The van der Waals surface area contributed by atoms with E-state index < -0.39 is 5.54 Å². The van der Waals surface area contributed by atoms with E-state index >= 15 is 0 Å². The number of hydrogen-bond donors (Lipinski definition) is 3. The van der Waals surface area contributed by atoms with Crippen molar-refractivity contribution < 1.29 is 14.3 Å². The molecule has 0 aromatic heterocycles. The van der Waals surface area contributed by atoms with Gasteiger partial charge in [-0.05, 0) is 48.6 Å². The zero-order chi connectivity index (χ0) is 17.9. The summed E-state index contributed by atoms with van der Waals surface area (Å²) in [4.78, 5) is 12.3. The molecule has 25 heavy (non-hydrogen) atoms. The number of hydrogen-bond acceptors (Lipinski definition) is 3. The van der Waals surface area contributed by atoms with Gasteiger partial charge in [0.25, 0.3) is 0 Å². The highest BCUT2D eigenvalue weighted by Crippen LogP contribution is 2.29. The van der Waals surface area contributed by atoms with Gasteiger partial charge < -0.3 is 15.7 Å². The molecule has 0 radical (unpaired) electrons. The monoisotopic (exact) mass is 342 g/mol. The third-order valence-corrected chi connectivity index (χ3v) is 4.85. The lowest BCUT2D eigenvalue weighted by molar-refractivity contribution is -0.121. The number of halogens is 1. The van der Waals surface area contributed by atoms with E-state index in [1.807, 2.05) is 19.1 Å². The number of aliphatic hydroxyl groups is 1. The number of fused-ring (bicyclic) bond motifs is 1. The predicted molar refractivity (Wildman–Crippen MR) is 94.6 cm³/mol. The Morgan fingerprint density at radius 1 is 1.16 bits per heavy atom. The number of benzene rings is 2. The van der Waals surface area contributed by atoms with Gasteiger partial charge in [0.2, 0.25) is 5.91 Å². The second-order valence-corrected chi connectivity index (χ2v) is 6.76. The lowest BCUT2D eigenvalue weighted by atomic mass is 9.97. The summed E-state index contributed by atoms with van der Waals surface area (Å²) < 4.78 is 13.0. The summed E-state index contributed by atoms with van der Waals surface area (Å²) in [7, 11) is 0. The van der Waals surface area contributed by atoms with Crippen molar-refractivity contribution in [2.45, 2.75) is 31.3 Å². The Morgan fingerprint density at radius 2 is 1.76 bits per heavy atom. The van der Waals surface area contributed by atoms with Gasteiger partial charge in [-0.3, -0.25) is 4.79 Å². The van der Waals surface area contributed by atoms with Gasteiger partial charge in [-0.25, -0.2) is 4.39 Å². The maximum Gasteiger partial charge on any atom is 0.234 e. The highest BCUT2D eigenvalue weighted by Gasteiger charge is 2.36. The van der Waals surface area contributed by atoms with Gasteiger partial charge in [0.05, 0.1) is 19.2 Å². The number of carbonyl (C=O) groups excluding carboxylic acids is 1. The van der Waals surface area contributed by atoms with Crippen LogP contribution in [-0.4, -0.2) is 29.7 Å². The Bertz CT molecular complexity index is 721. The molecule has 5 heteroatoms. The van der Waals surface area contributed by atoms with Crippen LogP contribution in [0.2, 0.25) is 0 Å². The van der Waals surface area contributed by atoms with E-state index in [9.17, 15) is 14.3 Å². The largest absolute Gasteiger partial charge is 0.394 e. The molecule has 1 aliphatic carbocycles. The van der Waals surface area contributed by atoms with Crippen LogP contribution in [0.15, 0.2) is 48.5 Å². The topological polar surface area (TPSA) is 61.4 Å². The van der Waals surface area contributed by atoms with Crippen LogP contribution in [0, 0.1) is 5.82 Å². The van der Waals surface area contributed by atoms with Crippen LogP contribution < -0.4 is 10.6 Å². The standard InChI is InChI=1S/C20H23FN2O2/c1-14(15-6-8-18(21)9-7-15)23-19(25)12-22-20(13-24)10-16-4-2-3-5-17(16)11-20/h2-9,14,22,24H,10-13H2,1H3,(H,23,25)/t14-/m1/s1. The Labute approximate surface area is 147 Å². The highest BCUT2D eigenvalue weighted by atomic mass is 19.1. The van der Waals surface area contributed by atoms with Gasteiger partial charge in [-0.15, -0.1) is 0 Å². The number of aliphatic hydroxyl groups excluding tert-OH is 1. The Kier molecular flexibility index (Phi) is 5.16. The van der Waals surface area contributed by atoms with E-state index in [0.29, 0.717) is 12.8 Å². The van der Waals surface area contributed by atoms with Crippen molar-refractivity contribution in [2.75, 3.05) is 13.2 Å². The molecule has 2 aromatic rings. The Hall–Kier alpha value is -2.24. The first-order valence-electron chi connectivity index (χ1n) is 8.49. The second-order valence-electron chi connectivity index (χ2n) is 6.76. The van der Waals surface area contributed by atoms with Crippen LogP contribution in [0.3, 0.4) is 0 Å². The first-order chi connectivity index (χ1) is 12.0. The van der Waals surface area contributed by atoms with Crippen molar-refractivity contribution in [3.8, 4) is 0 Å². The second kappa shape index (κ2) is 7.33. The summed E-state index contributed by atoms with van der Waals surface area (Å²) in [6.07, 6.45) is 1.42. The van der Waals surface area contributed by atoms with Gasteiger partial charge in [-0.2, -0.15) is 0 Å². The molecule has 132 valence electrons. The number of carbonyl (C=O) groups is 1. The van der Waals surface area contributed by atoms with Crippen molar-refractivity contribution in [3.63, 3.8) is 0 Å². The molecule has 3 N–H and O–H groups in total. The first-order valence-corrected chi connectivity index (χ1v) is 8.49. The SMILES string of the molecule is C[C@@H](NC(=O)CNC1(CO)Cc2ccccc2C1)c1ccc(F)cc1. The first kappa shape index (κ1) is 17.6. The zero-order valence-corrected chi connectivity index (χ0v) is 14.3. The van der Waals surface area contributed by atoms with Gasteiger partial charge in [0.1, 0.15) is 5.82 Å². The average molecular weight is 342 g/mol. The summed E-state index contributed by atoms with van der Waals surface area (Å²) in [6, 6.07) is 14.0. The number of rotatable bonds is 6. The molecule has 0 saturated carbocycles. The van der Waals surface area contributed by atoms with Crippen LogP contribution in [0.4, 0.5) is 4.39 Å². The summed E-state index contributed by atoms with van der Waals surface area (Å²) in [5.41, 5.74) is 2.79. The molecule has 0 aliphatic heterocycles. The van der Waals surface area contributed by atoms with E-state index in [4.69, 9.17) is 0 Å². The van der Waals surface area contributed by atoms with Crippen molar-refractivity contribution in [3.05, 3.63) is 71.0 Å². The summed E-state index contributed by atoms with van der Waals surface area (Å²) in [5, 5.41) is 16.0. The van der Waals surface area contributed by atoms with Crippen molar-refractivity contribution in [1.29, 1.82) is 0 Å². The fraction of sp³-hybridized carbons (Fsp3) is 0.350. The Balaban J connectivity index is 1.56. The van der Waals surface area contributed by atoms with E-state index in [1.54, 1.807) is 12.1 Å². The fourth-order valence-electron chi connectivity index (χ4n) is 3.38. The predicted octanol–water partition coefficient (Wildman–Crippen LogP) is 2.12. The molecular formula is C20H23FN2O2. The molecule has 1 aliphatic rings. The van der Waals surface area contributed by atoms with Crippen molar-refractivity contribution in [1.82, 2.24) is 10.6 Å². The van der Waals surface area contributed by atoms with Crippen LogP contribution in [-0.2, 0) is 17.6 Å². The minimum absolute atomic E-state index is 0.0253. The Morgan fingerprint density at radius 3 is 2.32 bits per heavy atom. The number of nitrogens with one attached hydrogen (secondary N) is 2. The fourth-order valence-corrected chi connectivity index (χ4v) is 3.38. The van der Waals surface area contributed by atoms with E-state index in [2.05, 4.69) is 22.8 Å². The minimum Gasteiger partial charge on any atom is -0.394 e. The summed E-state index contributed by atoms with van der Waals surface area (Å²) in [5.74, 6) is -0.449. The van der Waals surface area contributed by atoms with Gasteiger partial charge >= 0.3 is 0 Å². The molecule has 0 heterocycles. The molecular weight excluding hydrogens is 319 g/mol. The lowest BCUT2D eigenvalue weighted by Gasteiger charge is -2.28. The maximum atomic E-state index is 13.0. The molecule has 0 bridgehead atoms. The number of amides is 1. The van der Waals surface area contributed by atoms with Crippen LogP contribution >= 0.6 is 0 Å². The van der Waals surface area contributed by atoms with Crippen LogP contribution in [0.1, 0.15) is 29.7 Å². The smallest absolute Gasteiger partial charge is 0.234 e. The summed E-state index contributed by atoms with van der Waals surface area (Å²) >= 11 is 0. The van der Waals surface area contributed by atoms with Crippen molar-refractivity contribution in [2.24, 2.45) is 0 Å². The molecule has 0 fully saturated rings. The molecule has 0 unspecified atom stereocenters. The molecule has 0 spiro atoms. The van der Waals surface area contributed by atoms with E-state index in [1.165, 1.54) is 23.3 Å². The molecule has 1 atom stereocenters. The molecule has 4 nitrogen and oxygen atoms in total. The lowest BCUT2D eigenvalue weighted by Crippen LogP contribution is -2.52. The van der Waals surface area contributed by atoms with Gasteiger partial charge in [0, 0.05) is 5.54 Å². The molecule has 3 rings (SSSR count). The third-order valence-electron chi connectivity index (χ3n) is 4.85. The highest BCUT2D eigenvalue weighted by molar-refractivity contribution is 5.78. The van der Waals surface area contributed by atoms with Gasteiger partial charge in [0.15, 0.2) is 0 Å². The molecule has 0 saturated heterocycles. The van der Waals surface area contributed by atoms with Crippen molar-refractivity contribution >= 4 is 5.91 Å². The van der Waals surface area contributed by atoms with E-state index in [-0.39, 0.29) is 30.9 Å². The van der Waals surface area contributed by atoms with Gasteiger partial charge in [-0.1, -0.05) is 36.4 Å². The van der Waals surface area contributed by atoms with Crippen LogP contribution in [0.25, 0.3) is 0 Å². The molecule has 1 amide bonds.